The maximum Gasteiger partial charge on any atom is 0.240 e. The quantitative estimate of drug-likeness (QED) is 0.727. The average molecular weight is 342 g/mol. The first-order valence-electron chi connectivity index (χ1n) is 7.48. The molecule has 1 rings (SSSR count). The van der Waals surface area contributed by atoms with Gasteiger partial charge in [-0.05, 0) is 38.3 Å². The summed E-state index contributed by atoms with van der Waals surface area (Å²) in [6.07, 6.45) is 1.80. The number of carbonyl (C=O) groups excluding carboxylic acids is 1. The van der Waals surface area contributed by atoms with Crippen molar-refractivity contribution in [1.82, 2.24) is 5.32 Å². The molecule has 0 saturated carbocycles. The number of hydrogen-bond donors (Lipinski definition) is 1. The molecular weight excluding hydrogens is 316 g/mol. The third-order valence-corrected chi connectivity index (χ3v) is 4.53. The minimum absolute atomic E-state index is 0.226. The molecule has 0 unspecified atom stereocenters. The number of rotatable bonds is 8. The molecule has 130 valence electrons. The maximum atomic E-state index is 12.2. The smallest absolute Gasteiger partial charge is 0.240 e. The Hall–Kier alpha value is -1.60. The summed E-state index contributed by atoms with van der Waals surface area (Å²) in [6, 6.07) is 3.83. The predicted molar refractivity (Wildman–Crippen MR) is 92.3 cm³/mol. The van der Waals surface area contributed by atoms with Gasteiger partial charge in [0.1, 0.15) is 6.54 Å². The highest BCUT2D eigenvalue weighted by molar-refractivity contribution is 7.92. The molecule has 7 heteroatoms. The van der Waals surface area contributed by atoms with Gasteiger partial charge < -0.3 is 10.1 Å². The molecule has 0 aromatic heterocycles. The van der Waals surface area contributed by atoms with Gasteiger partial charge >= 0.3 is 0 Å². The van der Waals surface area contributed by atoms with Gasteiger partial charge in [0.05, 0.1) is 11.9 Å². The van der Waals surface area contributed by atoms with Gasteiger partial charge in [-0.25, -0.2) is 8.42 Å². The second-order valence-corrected chi connectivity index (χ2v) is 7.62. The van der Waals surface area contributed by atoms with Crippen LogP contribution in [0, 0.1) is 20.8 Å². The highest BCUT2D eigenvalue weighted by atomic mass is 32.2. The van der Waals surface area contributed by atoms with Crippen LogP contribution < -0.4 is 9.62 Å². The zero-order valence-corrected chi connectivity index (χ0v) is 15.3. The Morgan fingerprint density at radius 3 is 2.26 bits per heavy atom. The molecule has 0 spiro atoms. The van der Waals surface area contributed by atoms with Crippen LogP contribution in [0.2, 0.25) is 0 Å². The minimum Gasteiger partial charge on any atom is -0.385 e. The normalized spacial score (nSPS) is 11.3. The largest absolute Gasteiger partial charge is 0.385 e. The standard InChI is InChI=1S/C16H26N2O4S/c1-12-9-13(2)16(14(3)10-12)18(23(5,20)21)11-15(19)17-7-6-8-22-4/h9-10H,6-8,11H2,1-5H3,(H,17,19). The van der Waals surface area contributed by atoms with Crippen LogP contribution in [0.25, 0.3) is 0 Å². The zero-order valence-electron chi connectivity index (χ0n) is 14.5. The lowest BCUT2D eigenvalue weighted by atomic mass is 10.1. The van der Waals surface area contributed by atoms with Crippen LogP contribution in [0.4, 0.5) is 5.69 Å². The van der Waals surface area contributed by atoms with Crippen molar-refractivity contribution in [3.8, 4) is 0 Å². The van der Waals surface area contributed by atoms with Crippen LogP contribution >= 0.6 is 0 Å². The fourth-order valence-electron chi connectivity index (χ4n) is 2.56. The Balaban J connectivity index is 2.98. The second-order valence-electron chi connectivity index (χ2n) is 5.71. The number of nitrogens with zero attached hydrogens (tertiary/aromatic N) is 1. The Morgan fingerprint density at radius 2 is 1.78 bits per heavy atom. The van der Waals surface area contributed by atoms with Gasteiger partial charge in [-0.1, -0.05) is 17.7 Å². The van der Waals surface area contributed by atoms with E-state index in [1.807, 2.05) is 32.9 Å². The van der Waals surface area contributed by atoms with Crippen LogP contribution in [0.3, 0.4) is 0 Å². The molecule has 0 saturated heterocycles. The first kappa shape index (κ1) is 19.4. The van der Waals surface area contributed by atoms with E-state index in [0.717, 1.165) is 22.9 Å². The van der Waals surface area contributed by atoms with Crippen LogP contribution in [-0.2, 0) is 19.6 Å². The van der Waals surface area contributed by atoms with Crippen molar-refractivity contribution in [2.75, 3.05) is 37.4 Å². The van der Waals surface area contributed by atoms with Crippen molar-refractivity contribution in [2.45, 2.75) is 27.2 Å². The van der Waals surface area contributed by atoms with E-state index < -0.39 is 10.0 Å². The lowest BCUT2D eigenvalue weighted by Gasteiger charge is -2.26. The lowest BCUT2D eigenvalue weighted by molar-refractivity contribution is -0.119. The fraction of sp³-hybridized carbons (Fsp3) is 0.562. The van der Waals surface area contributed by atoms with E-state index in [1.54, 1.807) is 7.11 Å². The number of ether oxygens (including phenoxy) is 1. The van der Waals surface area contributed by atoms with E-state index in [9.17, 15) is 13.2 Å². The number of carbonyl (C=O) groups is 1. The Bertz CT molecular complexity index is 633. The molecule has 0 aliphatic heterocycles. The topological polar surface area (TPSA) is 75.7 Å². The first-order valence-corrected chi connectivity index (χ1v) is 9.33. The molecular formula is C16H26N2O4S. The molecule has 1 aromatic rings. The third kappa shape index (κ3) is 5.84. The number of anilines is 1. The predicted octanol–water partition coefficient (Wildman–Crippen LogP) is 1.53. The van der Waals surface area contributed by atoms with Crippen molar-refractivity contribution < 1.29 is 17.9 Å². The molecule has 1 amide bonds. The molecule has 0 radical (unpaired) electrons. The van der Waals surface area contributed by atoms with Crippen molar-refractivity contribution in [2.24, 2.45) is 0 Å². The highest BCUT2D eigenvalue weighted by Gasteiger charge is 2.23. The summed E-state index contributed by atoms with van der Waals surface area (Å²) in [4.78, 5) is 12.1. The molecule has 0 atom stereocenters. The average Bonchev–Trinajstić information content (AvgIpc) is 2.40. The number of sulfonamides is 1. The van der Waals surface area contributed by atoms with E-state index in [-0.39, 0.29) is 12.5 Å². The van der Waals surface area contributed by atoms with Gasteiger partial charge in [-0.3, -0.25) is 9.10 Å². The van der Waals surface area contributed by atoms with Crippen LogP contribution in [0.1, 0.15) is 23.1 Å². The monoisotopic (exact) mass is 342 g/mol. The van der Waals surface area contributed by atoms with E-state index >= 15 is 0 Å². The van der Waals surface area contributed by atoms with E-state index in [1.165, 1.54) is 4.31 Å². The van der Waals surface area contributed by atoms with Gasteiger partial charge in [-0.2, -0.15) is 0 Å². The van der Waals surface area contributed by atoms with Crippen molar-refractivity contribution in [3.63, 3.8) is 0 Å². The summed E-state index contributed by atoms with van der Waals surface area (Å²) in [5.74, 6) is -0.328. The van der Waals surface area contributed by atoms with Gasteiger partial charge in [0, 0.05) is 20.3 Å². The number of nitrogens with one attached hydrogen (secondary N) is 1. The van der Waals surface area contributed by atoms with Crippen LogP contribution in [0.15, 0.2) is 12.1 Å². The molecule has 0 fully saturated rings. The van der Waals surface area contributed by atoms with Crippen LogP contribution in [-0.4, -0.2) is 47.4 Å². The molecule has 1 aromatic carbocycles. The summed E-state index contributed by atoms with van der Waals surface area (Å²) in [5, 5.41) is 2.72. The number of hydrogen-bond acceptors (Lipinski definition) is 4. The van der Waals surface area contributed by atoms with Crippen molar-refractivity contribution in [3.05, 3.63) is 28.8 Å². The summed E-state index contributed by atoms with van der Waals surface area (Å²) in [6.45, 7) is 6.43. The SMILES string of the molecule is COCCCNC(=O)CN(c1c(C)cc(C)cc1C)S(C)(=O)=O. The Kier molecular flexibility index (Phi) is 7.02. The Labute approximate surface area is 138 Å². The number of amides is 1. The van der Waals surface area contributed by atoms with Gasteiger partial charge in [0.15, 0.2) is 0 Å². The number of aryl methyl sites for hydroxylation is 3. The van der Waals surface area contributed by atoms with E-state index in [0.29, 0.717) is 25.3 Å². The third-order valence-electron chi connectivity index (χ3n) is 3.42. The molecule has 0 aliphatic carbocycles. The summed E-state index contributed by atoms with van der Waals surface area (Å²) in [7, 11) is -1.96. The molecule has 1 N–H and O–H groups in total. The highest BCUT2D eigenvalue weighted by Crippen LogP contribution is 2.28. The molecule has 0 heterocycles. The van der Waals surface area contributed by atoms with Gasteiger partial charge in [-0.15, -0.1) is 0 Å². The van der Waals surface area contributed by atoms with Crippen molar-refractivity contribution in [1.29, 1.82) is 0 Å². The number of benzene rings is 1. The van der Waals surface area contributed by atoms with Gasteiger partial charge in [0.2, 0.25) is 15.9 Å². The first-order chi connectivity index (χ1) is 10.7. The molecule has 23 heavy (non-hydrogen) atoms. The lowest BCUT2D eigenvalue weighted by Crippen LogP contribution is -2.41. The van der Waals surface area contributed by atoms with E-state index in [4.69, 9.17) is 4.74 Å². The van der Waals surface area contributed by atoms with Crippen molar-refractivity contribution >= 4 is 21.6 Å². The summed E-state index contributed by atoms with van der Waals surface area (Å²) >= 11 is 0. The van der Waals surface area contributed by atoms with E-state index in [2.05, 4.69) is 5.32 Å². The summed E-state index contributed by atoms with van der Waals surface area (Å²) < 4.78 is 30.4. The molecule has 6 nitrogen and oxygen atoms in total. The van der Waals surface area contributed by atoms with Gasteiger partial charge in [0.25, 0.3) is 0 Å². The van der Waals surface area contributed by atoms with Crippen LogP contribution in [0.5, 0.6) is 0 Å². The molecule has 0 bridgehead atoms. The second kappa shape index (κ2) is 8.31. The number of methoxy groups -OCH3 is 1. The Morgan fingerprint density at radius 1 is 1.22 bits per heavy atom. The minimum atomic E-state index is -3.56. The zero-order chi connectivity index (χ0) is 17.6. The molecule has 0 aliphatic rings. The fourth-order valence-corrected chi connectivity index (χ4v) is 3.53. The summed E-state index contributed by atoms with van der Waals surface area (Å²) in [5.41, 5.74) is 3.30. The maximum absolute atomic E-state index is 12.2.